The van der Waals surface area contributed by atoms with Crippen LogP contribution in [0.5, 0.6) is 0 Å². The molecule has 7 nitrogen and oxygen atoms in total. The van der Waals surface area contributed by atoms with Gasteiger partial charge in [0.2, 0.25) is 0 Å². The summed E-state index contributed by atoms with van der Waals surface area (Å²) < 4.78 is 2.07. The molecule has 5 N–H and O–H groups in total. The predicted molar refractivity (Wildman–Crippen MR) is 84.3 cm³/mol. The molecule has 0 spiro atoms. The first-order valence-electron chi connectivity index (χ1n) is 7.46. The van der Waals surface area contributed by atoms with Crippen LogP contribution in [0, 0.1) is 0 Å². The number of anilines is 2. The van der Waals surface area contributed by atoms with E-state index in [0.717, 1.165) is 29.9 Å². The van der Waals surface area contributed by atoms with E-state index in [0.29, 0.717) is 18.9 Å². The molecule has 2 aromatic heterocycles. The summed E-state index contributed by atoms with van der Waals surface area (Å²) in [6.45, 7) is 3.09. The summed E-state index contributed by atoms with van der Waals surface area (Å²) in [6, 6.07) is 4.00. The van der Waals surface area contributed by atoms with Crippen LogP contribution >= 0.6 is 0 Å². The van der Waals surface area contributed by atoms with Crippen LogP contribution in [0.1, 0.15) is 12.8 Å². The van der Waals surface area contributed by atoms with Gasteiger partial charge in [0, 0.05) is 25.2 Å². The standard InChI is InChI=1S/C14H23N5O2/c15-13-10-12-11(16-13)9-14(17-3-1-2-4-17)19(12)18(5-7-20)6-8-21/h9-10,16,20-21H,1-8,15H2. The van der Waals surface area contributed by atoms with E-state index in [9.17, 15) is 10.2 Å². The number of nitrogens with one attached hydrogen (secondary N) is 1. The van der Waals surface area contributed by atoms with Crippen molar-refractivity contribution < 1.29 is 10.2 Å². The number of rotatable bonds is 6. The van der Waals surface area contributed by atoms with E-state index in [1.54, 1.807) is 0 Å². The number of aliphatic hydroxyl groups excluding tert-OH is 2. The van der Waals surface area contributed by atoms with Gasteiger partial charge in [0.25, 0.3) is 0 Å². The van der Waals surface area contributed by atoms with E-state index in [-0.39, 0.29) is 13.2 Å². The van der Waals surface area contributed by atoms with Crippen molar-refractivity contribution in [1.82, 2.24) is 9.66 Å². The molecule has 1 aliphatic heterocycles. The van der Waals surface area contributed by atoms with Crippen LogP contribution in [-0.2, 0) is 0 Å². The van der Waals surface area contributed by atoms with Crippen molar-refractivity contribution in [2.45, 2.75) is 12.8 Å². The van der Waals surface area contributed by atoms with Crippen LogP contribution in [0.3, 0.4) is 0 Å². The Labute approximate surface area is 123 Å². The highest BCUT2D eigenvalue weighted by molar-refractivity contribution is 5.86. The summed E-state index contributed by atoms with van der Waals surface area (Å²) in [5, 5.41) is 20.6. The molecule has 0 bridgehead atoms. The summed E-state index contributed by atoms with van der Waals surface area (Å²) in [5.41, 5.74) is 7.82. The van der Waals surface area contributed by atoms with Crippen LogP contribution in [0.15, 0.2) is 12.1 Å². The third kappa shape index (κ3) is 2.54. The fraction of sp³-hybridized carbons (Fsp3) is 0.571. The minimum absolute atomic E-state index is 0.0407. The molecule has 21 heavy (non-hydrogen) atoms. The second kappa shape index (κ2) is 5.87. The fourth-order valence-corrected chi connectivity index (χ4v) is 3.09. The van der Waals surface area contributed by atoms with Gasteiger partial charge in [-0.15, -0.1) is 0 Å². The van der Waals surface area contributed by atoms with Crippen molar-refractivity contribution in [2.24, 2.45) is 0 Å². The van der Waals surface area contributed by atoms with Crippen LogP contribution in [0.2, 0.25) is 0 Å². The fourth-order valence-electron chi connectivity index (χ4n) is 3.09. The quantitative estimate of drug-likeness (QED) is 0.605. The number of aromatic amines is 1. The van der Waals surface area contributed by atoms with E-state index in [4.69, 9.17) is 5.73 Å². The number of aliphatic hydroxyl groups is 2. The molecule has 0 amide bonds. The van der Waals surface area contributed by atoms with Crippen molar-refractivity contribution in [2.75, 3.05) is 55.0 Å². The van der Waals surface area contributed by atoms with Crippen molar-refractivity contribution >= 4 is 22.7 Å². The van der Waals surface area contributed by atoms with Crippen molar-refractivity contribution in [3.8, 4) is 0 Å². The molecule has 0 atom stereocenters. The van der Waals surface area contributed by atoms with Crippen molar-refractivity contribution in [1.29, 1.82) is 0 Å². The number of fused-ring (bicyclic) bond motifs is 1. The van der Waals surface area contributed by atoms with E-state index in [1.165, 1.54) is 12.8 Å². The molecule has 7 heteroatoms. The van der Waals surface area contributed by atoms with Gasteiger partial charge in [-0.1, -0.05) is 0 Å². The zero-order valence-electron chi connectivity index (χ0n) is 12.1. The highest BCUT2D eigenvalue weighted by Gasteiger charge is 2.22. The average molecular weight is 293 g/mol. The van der Waals surface area contributed by atoms with Crippen LogP contribution < -0.4 is 15.6 Å². The van der Waals surface area contributed by atoms with Crippen LogP contribution in [0.25, 0.3) is 11.0 Å². The minimum atomic E-state index is 0.0407. The van der Waals surface area contributed by atoms with Crippen molar-refractivity contribution in [3.05, 3.63) is 12.1 Å². The number of nitrogens with zero attached hydrogens (tertiary/aromatic N) is 3. The molecule has 1 aliphatic rings. The van der Waals surface area contributed by atoms with Gasteiger partial charge in [0.05, 0.1) is 37.3 Å². The molecule has 116 valence electrons. The Morgan fingerprint density at radius 2 is 1.81 bits per heavy atom. The van der Waals surface area contributed by atoms with Gasteiger partial charge >= 0.3 is 0 Å². The third-order valence-electron chi connectivity index (χ3n) is 3.99. The Morgan fingerprint density at radius 1 is 1.14 bits per heavy atom. The van der Waals surface area contributed by atoms with Gasteiger partial charge in [-0.3, -0.25) is 0 Å². The maximum Gasteiger partial charge on any atom is 0.130 e. The molecular weight excluding hydrogens is 270 g/mol. The number of hydrogen-bond donors (Lipinski definition) is 4. The summed E-state index contributed by atoms with van der Waals surface area (Å²) >= 11 is 0. The van der Waals surface area contributed by atoms with E-state index in [1.807, 2.05) is 11.1 Å². The van der Waals surface area contributed by atoms with Gasteiger partial charge in [-0.05, 0) is 12.8 Å². The molecule has 0 radical (unpaired) electrons. The Hall–Kier alpha value is -1.86. The smallest absolute Gasteiger partial charge is 0.130 e. The van der Waals surface area contributed by atoms with Gasteiger partial charge in [0.1, 0.15) is 11.6 Å². The summed E-state index contributed by atoms with van der Waals surface area (Å²) in [5.74, 6) is 1.71. The lowest BCUT2D eigenvalue weighted by molar-refractivity contribution is 0.266. The maximum atomic E-state index is 9.31. The lowest BCUT2D eigenvalue weighted by Crippen LogP contribution is -2.41. The maximum absolute atomic E-state index is 9.31. The molecule has 3 rings (SSSR count). The highest BCUT2D eigenvalue weighted by Crippen LogP contribution is 2.30. The number of H-pyrrole nitrogens is 1. The Balaban J connectivity index is 2.07. The van der Waals surface area contributed by atoms with Gasteiger partial charge < -0.3 is 30.8 Å². The van der Waals surface area contributed by atoms with Crippen LogP contribution in [-0.4, -0.2) is 59.3 Å². The first-order valence-corrected chi connectivity index (χ1v) is 7.46. The van der Waals surface area contributed by atoms with Gasteiger partial charge in [-0.25, -0.2) is 4.68 Å². The number of hydrogen-bond acceptors (Lipinski definition) is 5. The zero-order valence-corrected chi connectivity index (χ0v) is 12.1. The molecule has 0 saturated carbocycles. The number of nitrogens with two attached hydrogens (primary N) is 1. The zero-order chi connectivity index (χ0) is 14.8. The lowest BCUT2D eigenvalue weighted by Gasteiger charge is -2.30. The Kier molecular flexibility index (Phi) is 3.94. The topological polar surface area (TPSA) is 93.7 Å². The normalized spacial score (nSPS) is 15.2. The van der Waals surface area contributed by atoms with E-state index in [2.05, 4.69) is 20.6 Å². The number of aromatic nitrogens is 2. The predicted octanol–water partition coefficient (Wildman–Crippen LogP) is 0.0744. The van der Waals surface area contributed by atoms with Crippen LogP contribution in [0.4, 0.5) is 11.6 Å². The molecule has 0 unspecified atom stereocenters. The summed E-state index contributed by atoms with van der Waals surface area (Å²) in [7, 11) is 0. The molecule has 3 heterocycles. The third-order valence-corrected chi connectivity index (χ3v) is 3.99. The molecule has 0 aliphatic carbocycles. The van der Waals surface area contributed by atoms with Gasteiger partial charge in [-0.2, -0.15) is 0 Å². The molecule has 2 aromatic rings. The van der Waals surface area contributed by atoms with Crippen molar-refractivity contribution in [3.63, 3.8) is 0 Å². The number of nitrogen functional groups attached to an aromatic ring is 1. The molecular formula is C14H23N5O2. The second-order valence-corrected chi connectivity index (χ2v) is 5.43. The SMILES string of the molecule is Nc1cc2c(cc(N3CCCC3)n2N(CCO)CCO)[nH]1. The largest absolute Gasteiger partial charge is 0.394 e. The Bertz CT molecular complexity index is 594. The summed E-state index contributed by atoms with van der Waals surface area (Å²) in [6.07, 6.45) is 2.39. The van der Waals surface area contributed by atoms with E-state index >= 15 is 0 Å². The highest BCUT2D eigenvalue weighted by atomic mass is 16.3. The monoisotopic (exact) mass is 293 g/mol. The van der Waals surface area contributed by atoms with E-state index < -0.39 is 0 Å². The first kappa shape index (κ1) is 14.1. The average Bonchev–Trinajstić information content (AvgIpc) is 3.12. The molecule has 0 aromatic carbocycles. The minimum Gasteiger partial charge on any atom is -0.394 e. The molecule has 1 saturated heterocycles. The first-order chi connectivity index (χ1) is 10.2. The van der Waals surface area contributed by atoms with Gasteiger partial charge in [0.15, 0.2) is 0 Å². The second-order valence-electron chi connectivity index (χ2n) is 5.43. The summed E-state index contributed by atoms with van der Waals surface area (Å²) in [4.78, 5) is 5.50. The Morgan fingerprint density at radius 3 is 2.43 bits per heavy atom. The molecule has 1 fully saturated rings. The lowest BCUT2D eigenvalue weighted by atomic mass is 10.4.